The molecular weight excluding hydrogens is 456 g/mol. The second-order valence-corrected chi connectivity index (χ2v) is 9.42. The van der Waals surface area contributed by atoms with Gasteiger partial charge in [0.1, 0.15) is 17.3 Å². The van der Waals surface area contributed by atoms with E-state index in [0.717, 1.165) is 37.3 Å². The van der Waals surface area contributed by atoms with Crippen molar-refractivity contribution in [2.75, 3.05) is 0 Å². The highest BCUT2D eigenvalue weighted by Crippen LogP contribution is 2.35. The van der Waals surface area contributed by atoms with Gasteiger partial charge in [-0.25, -0.2) is 19.2 Å². The Kier molecular flexibility index (Phi) is 6.48. The summed E-state index contributed by atoms with van der Waals surface area (Å²) in [7, 11) is 0. The lowest BCUT2D eigenvalue weighted by Crippen LogP contribution is -2.37. The molecule has 10 heteroatoms. The molecule has 2 heterocycles. The smallest absolute Gasteiger partial charge is 0.293 e. The fourth-order valence-electron chi connectivity index (χ4n) is 4.41. The number of amides is 2. The van der Waals surface area contributed by atoms with Crippen molar-refractivity contribution < 1.29 is 23.6 Å². The van der Waals surface area contributed by atoms with E-state index in [4.69, 9.17) is 5.21 Å². The largest absolute Gasteiger partial charge is 0.353 e. The number of halogens is 2. The van der Waals surface area contributed by atoms with E-state index in [1.807, 2.05) is 6.20 Å². The van der Waals surface area contributed by atoms with E-state index in [-0.39, 0.29) is 24.2 Å². The van der Waals surface area contributed by atoms with Gasteiger partial charge in [0.25, 0.3) is 5.91 Å². The standard InChI is InChI=1S/C25H27F2N5O3/c26-17-4-3-15(20(27)7-17)12-32-13-16(19-8-22(25(34)31-35)29-11-23(19)32)10-28-21(14-1-2-14)9-24(33)30-18-5-6-18/h3-4,7-8,11,13-14,18,21,28,35H,1-2,5-6,9-10,12H2,(H,30,33)(H,31,34). The Morgan fingerprint density at radius 3 is 2.63 bits per heavy atom. The van der Waals surface area contributed by atoms with Crippen LogP contribution in [0.5, 0.6) is 0 Å². The number of hydrogen-bond donors (Lipinski definition) is 4. The van der Waals surface area contributed by atoms with Gasteiger partial charge in [-0.2, -0.15) is 0 Å². The van der Waals surface area contributed by atoms with Crippen molar-refractivity contribution in [2.24, 2.45) is 5.92 Å². The van der Waals surface area contributed by atoms with Crippen LogP contribution in [0.4, 0.5) is 8.78 Å². The van der Waals surface area contributed by atoms with Gasteiger partial charge in [0.05, 0.1) is 18.3 Å². The maximum absolute atomic E-state index is 14.3. The van der Waals surface area contributed by atoms with E-state index in [0.29, 0.717) is 41.4 Å². The first-order valence-electron chi connectivity index (χ1n) is 11.8. The molecule has 35 heavy (non-hydrogen) atoms. The van der Waals surface area contributed by atoms with E-state index in [1.165, 1.54) is 18.3 Å². The summed E-state index contributed by atoms with van der Waals surface area (Å²) < 4.78 is 29.5. The summed E-state index contributed by atoms with van der Waals surface area (Å²) in [5, 5.41) is 16.3. The topological polar surface area (TPSA) is 108 Å². The molecule has 2 aliphatic rings. The van der Waals surface area contributed by atoms with Gasteiger partial charge in [-0.3, -0.25) is 14.8 Å². The van der Waals surface area contributed by atoms with Gasteiger partial charge in [0, 0.05) is 48.3 Å². The first kappa shape index (κ1) is 23.4. The SMILES string of the molecule is O=C(CC(NCc1cn(Cc2ccc(F)cc2F)c2cnc(C(=O)NO)cc12)C1CC1)NC1CC1. The lowest BCUT2D eigenvalue weighted by Gasteiger charge is -2.18. The van der Waals surface area contributed by atoms with E-state index < -0.39 is 17.5 Å². The van der Waals surface area contributed by atoms with Crippen molar-refractivity contribution in [1.29, 1.82) is 0 Å². The molecule has 2 aliphatic carbocycles. The van der Waals surface area contributed by atoms with E-state index in [9.17, 15) is 18.4 Å². The second-order valence-electron chi connectivity index (χ2n) is 9.42. The third-order valence-electron chi connectivity index (χ3n) is 6.63. The molecule has 2 amide bonds. The molecule has 5 rings (SSSR count). The van der Waals surface area contributed by atoms with Crippen molar-refractivity contribution in [3.05, 3.63) is 65.1 Å². The predicted molar refractivity (Wildman–Crippen MR) is 124 cm³/mol. The Labute approximate surface area is 200 Å². The van der Waals surface area contributed by atoms with E-state index in [2.05, 4.69) is 15.6 Å². The number of hydrogen-bond acceptors (Lipinski definition) is 5. The molecule has 8 nitrogen and oxygen atoms in total. The zero-order valence-electron chi connectivity index (χ0n) is 19.1. The van der Waals surface area contributed by atoms with E-state index in [1.54, 1.807) is 16.1 Å². The van der Waals surface area contributed by atoms with Crippen molar-refractivity contribution in [2.45, 2.75) is 57.3 Å². The Bertz CT molecular complexity index is 1270. The summed E-state index contributed by atoms with van der Waals surface area (Å²) in [6, 6.07) is 5.37. The van der Waals surface area contributed by atoms with Crippen LogP contribution in [0.2, 0.25) is 0 Å². The Morgan fingerprint density at radius 2 is 1.94 bits per heavy atom. The summed E-state index contributed by atoms with van der Waals surface area (Å²) in [6.45, 7) is 0.573. The van der Waals surface area contributed by atoms with Crippen molar-refractivity contribution in [1.82, 2.24) is 25.7 Å². The average Bonchev–Trinajstić information content (AvgIpc) is 3.77. The molecule has 184 valence electrons. The van der Waals surface area contributed by atoms with Gasteiger partial charge in [0.15, 0.2) is 0 Å². The van der Waals surface area contributed by atoms with Gasteiger partial charge >= 0.3 is 0 Å². The minimum absolute atomic E-state index is 0.0312. The van der Waals surface area contributed by atoms with Crippen molar-refractivity contribution in [3.63, 3.8) is 0 Å². The number of carbonyl (C=O) groups excluding carboxylic acids is 2. The highest BCUT2D eigenvalue weighted by Gasteiger charge is 2.33. The predicted octanol–water partition coefficient (Wildman–Crippen LogP) is 3.02. The van der Waals surface area contributed by atoms with Gasteiger partial charge in [-0.05, 0) is 49.3 Å². The molecule has 3 aromatic rings. The van der Waals surface area contributed by atoms with Crippen LogP contribution < -0.4 is 16.1 Å². The summed E-state index contributed by atoms with van der Waals surface area (Å²) in [6.07, 6.45) is 7.97. The number of carbonyl (C=O) groups is 2. The van der Waals surface area contributed by atoms with Crippen LogP contribution in [0.3, 0.4) is 0 Å². The highest BCUT2D eigenvalue weighted by atomic mass is 19.1. The van der Waals surface area contributed by atoms with Crippen LogP contribution in [0.15, 0.2) is 36.7 Å². The van der Waals surface area contributed by atoms with Crippen molar-refractivity contribution in [3.8, 4) is 0 Å². The first-order valence-corrected chi connectivity index (χ1v) is 11.8. The lowest BCUT2D eigenvalue weighted by atomic mass is 10.1. The lowest BCUT2D eigenvalue weighted by molar-refractivity contribution is -0.121. The summed E-state index contributed by atoms with van der Waals surface area (Å²) >= 11 is 0. The zero-order valence-corrected chi connectivity index (χ0v) is 19.1. The molecule has 0 aliphatic heterocycles. The van der Waals surface area contributed by atoms with Gasteiger partial charge in [0.2, 0.25) is 5.91 Å². The second kappa shape index (κ2) is 9.71. The third kappa shape index (κ3) is 5.49. The van der Waals surface area contributed by atoms with Crippen molar-refractivity contribution >= 4 is 22.7 Å². The van der Waals surface area contributed by atoms with Gasteiger partial charge < -0.3 is 15.2 Å². The quantitative estimate of drug-likeness (QED) is 0.262. The fourth-order valence-corrected chi connectivity index (χ4v) is 4.41. The number of rotatable bonds is 10. The minimum Gasteiger partial charge on any atom is -0.353 e. The Hall–Kier alpha value is -3.37. The zero-order chi connectivity index (χ0) is 24.5. The maximum atomic E-state index is 14.3. The number of hydroxylamine groups is 1. The Morgan fingerprint density at radius 1 is 1.14 bits per heavy atom. The highest BCUT2D eigenvalue weighted by molar-refractivity contribution is 5.96. The number of nitrogens with zero attached hydrogens (tertiary/aromatic N) is 2. The normalized spacial score (nSPS) is 16.3. The van der Waals surface area contributed by atoms with Crippen LogP contribution in [-0.2, 0) is 17.9 Å². The first-order chi connectivity index (χ1) is 16.9. The molecule has 0 spiro atoms. The summed E-state index contributed by atoms with van der Waals surface area (Å²) in [4.78, 5) is 28.4. The number of aromatic nitrogens is 2. The molecular formula is C25H27F2N5O3. The number of fused-ring (bicyclic) bond motifs is 1. The summed E-state index contributed by atoms with van der Waals surface area (Å²) in [5.74, 6) is -1.54. The van der Waals surface area contributed by atoms with Gasteiger partial charge in [-0.1, -0.05) is 6.07 Å². The monoisotopic (exact) mass is 483 g/mol. The third-order valence-corrected chi connectivity index (χ3v) is 6.63. The molecule has 1 aromatic carbocycles. The maximum Gasteiger partial charge on any atom is 0.293 e. The molecule has 4 N–H and O–H groups in total. The Balaban J connectivity index is 1.41. The van der Waals surface area contributed by atoms with E-state index >= 15 is 0 Å². The molecule has 0 bridgehead atoms. The number of benzene rings is 1. The number of pyridine rings is 1. The molecule has 2 fully saturated rings. The van der Waals surface area contributed by atoms with Crippen LogP contribution in [-0.4, -0.2) is 38.7 Å². The molecule has 2 aromatic heterocycles. The molecule has 0 radical (unpaired) electrons. The average molecular weight is 484 g/mol. The summed E-state index contributed by atoms with van der Waals surface area (Å²) in [5.41, 5.74) is 3.44. The number of nitrogens with one attached hydrogen (secondary N) is 3. The molecule has 1 unspecified atom stereocenters. The van der Waals surface area contributed by atoms with Crippen LogP contribution in [0.1, 0.15) is 53.7 Å². The van der Waals surface area contributed by atoms with Crippen LogP contribution in [0.25, 0.3) is 10.9 Å². The minimum atomic E-state index is -0.740. The molecule has 1 atom stereocenters. The van der Waals surface area contributed by atoms with Gasteiger partial charge in [-0.15, -0.1) is 0 Å². The van der Waals surface area contributed by atoms with Crippen LogP contribution >= 0.6 is 0 Å². The molecule has 2 saturated carbocycles. The molecule has 0 saturated heterocycles. The van der Waals surface area contributed by atoms with Crippen LogP contribution in [0, 0.1) is 17.6 Å². The fraction of sp³-hybridized carbons (Fsp3) is 0.400.